The number of methoxy groups -OCH3 is 1. The lowest BCUT2D eigenvalue weighted by Crippen LogP contribution is -2.43. The number of carbonyl (C=O) groups is 1. The predicted molar refractivity (Wildman–Crippen MR) is 127 cm³/mol. The number of aliphatic imine (C=N–C) groups is 1. The fourth-order valence-corrected chi connectivity index (χ4v) is 3.20. The molecular formula is C21H35IN4O3. The second kappa shape index (κ2) is 14.3. The van der Waals surface area contributed by atoms with Crippen molar-refractivity contribution in [2.75, 3.05) is 26.7 Å². The molecule has 0 aromatic heterocycles. The van der Waals surface area contributed by atoms with E-state index in [1.807, 2.05) is 38.1 Å². The first kappa shape index (κ1) is 25.3. The number of hydrogen-bond donors (Lipinski definition) is 3. The molecule has 7 nitrogen and oxygen atoms in total. The topological polar surface area (TPSA) is 84.0 Å². The molecule has 1 atom stereocenters. The van der Waals surface area contributed by atoms with Crippen molar-refractivity contribution < 1.29 is 14.3 Å². The minimum absolute atomic E-state index is 0. The summed E-state index contributed by atoms with van der Waals surface area (Å²) in [6, 6.07) is 7.83. The number of rotatable bonds is 9. The first-order chi connectivity index (χ1) is 13.6. The molecule has 0 radical (unpaired) electrons. The summed E-state index contributed by atoms with van der Waals surface area (Å²) in [6.07, 6.45) is 5.74. The third kappa shape index (κ3) is 10.0. The molecule has 1 aromatic carbocycles. The third-order valence-corrected chi connectivity index (χ3v) is 4.63. The fraction of sp³-hybridized carbons (Fsp3) is 0.619. The summed E-state index contributed by atoms with van der Waals surface area (Å²) in [5.74, 6) is 2.10. The summed E-state index contributed by atoms with van der Waals surface area (Å²) in [4.78, 5) is 16.5. The van der Waals surface area contributed by atoms with Gasteiger partial charge in [-0.15, -0.1) is 24.0 Å². The Bertz CT molecular complexity index is 636. The van der Waals surface area contributed by atoms with Crippen LogP contribution in [0.25, 0.3) is 0 Å². The zero-order chi connectivity index (χ0) is 20.2. The van der Waals surface area contributed by atoms with Crippen LogP contribution in [0.15, 0.2) is 29.3 Å². The molecule has 2 rings (SSSR count). The number of ether oxygens (including phenoxy) is 2. The van der Waals surface area contributed by atoms with Gasteiger partial charge in [0, 0.05) is 18.7 Å². The Morgan fingerprint density at radius 3 is 2.62 bits per heavy atom. The highest BCUT2D eigenvalue weighted by molar-refractivity contribution is 14.0. The van der Waals surface area contributed by atoms with Gasteiger partial charge in [0.2, 0.25) is 5.91 Å². The van der Waals surface area contributed by atoms with E-state index in [-0.39, 0.29) is 42.5 Å². The molecular weight excluding hydrogens is 483 g/mol. The second-order valence-electron chi connectivity index (χ2n) is 7.09. The lowest BCUT2D eigenvalue weighted by molar-refractivity contribution is -0.120. The van der Waals surface area contributed by atoms with Crippen molar-refractivity contribution in [3.8, 4) is 11.5 Å². The van der Waals surface area contributed by atoms with Gasteiger partial charge in [-0.25, -0.2) is 4.99 Å². The Morgan fingerprint density at radius 1 is 1.21 bits per heavy atom. The van der Waals surface area contributed by atoms with Crippen LogP contribution in [0.2, 0.25) is 0 Å². The number of amides is 1. The van der Waals surface area contributed by atoms with Crippen LogP contribution in [0.3, 0.4) is 0 Å². The van der Waals surface area contributed by atoms with Crippen molar-refractivity contribution in [3.63, 3.8) is 0 Å². The molecule has 1 aromatic rings. The number of nitrogens with zero attached hydrogens (tertiary/aromatic N) is 1. The molecule has 0 heterocycles. The van der Waals surface area contributed by atoms with E-state index in [2.05, 4.69) is 20.9 Å². The van der Waals surface area contributed by atoms with Crippen molar-refractivity contribution in [2.24, 2.45) is 4.99 Å². The molecule has 0 bridgehead atoms. The average Bonchev–Trinajstić information content (AvgIpc) is 2.71. The van der Waals surface area contributed by atoms with Crippen molar-refractivity contribution in [3.05, 3.63) is 24.3 Å². The minimum Gasteiger partial charge on any atom is -0.497 e. The molecule has 0 saturated heterocycles. The molecule has 3 N–H and O–H groups in total. The molecule has 8 heteroatoms. The number of hydrogen-bond acceptors (Lipinski definition) is 4. The molecule has 0 aliphatic heterocycles. The Hall–Kier alpha value is -1.71. The molecule has 1 aliphatic carbocycles. The third-order valence-electron chi connectivity index (χ3n) is 4.63. The van der Waals surface area contributed by atoms with E-state index in [4.69, 9.17) is 9.47 Å². The van der Waals surface area contributed by atoms with E-state index >= 15 is 0 Å². The summed E-state index contributed by atoms with van der Waals surface area (Å²) in [5.41, 5.74) is 0. The second-order valence-corrected chi connectivity index (χ2v) is 7.09. The van der Waals surface area contributed by atoms with Gasteiger partial charge in [0.25, 0.3) is 0 Å². The van der Waals surface area contributed by atoms with E-state index in [0.717, 1.165) is 30.9 Å². The van der Waals surface area contributed by atoms with Gasteiger partial charge < -0.3 is 25.4 Å². The number of benzene rings is 1. The maximum Gasteiger partial charge on any atom is 0.242 e. The van der Waals surface area contributed by atoms with Crippen LogP contribution in [0.4, 0.5) is 0 Å². The summed E-state index contributed by atoms with van der Waals surface area (Å²) >= 11 is 0. The lowest BCUT2D eigenvalue weighted by atomic mass is 9.95. The van der Waals surface area contributed by atoms with Crippen molar-refractivity contribution in [1.82, 2.24) is 16.0 Å². The maximum absolute atomic E-state index is 12.1. The fourth-order valence-electron chi connectivity index (χ4n) is 3.20. The highest BCUT2D eigenvalue weighted by Gasteiger charge is 2.15. The first-order valence-corrected chi connectivity index (χ1v) is 10.2. The van der Waals surface area contributed by atoms with Crippen LogP contribution in [0.1, 0.15) is 46.0 Å². The number of guanidine groups is 1. The highest BCUT2D eigenvalue weighted by Crippen LogP contribution is 2.19. The van der Waals surface area contributed by atoms with E-state index in [0.29, 0.717) is 18.5 Å². The van der Waals surface area contributed by atoms with E-state index in [1.165, 1.54) is 19.3 Å². The largest absolute Gasteiger partial charge is 0.497 e. The Morgan fingerprint density at radius 2 is 1.93 bits per heavy atom. The summed E-state index contributed by atoms with van der Waals surface area (Å²) in [5, 5.41) is 9.48. The zero-order valence-corrected chi connectivity index (χ0v) is 20.0. The van der Waals surface area contributed by atoms with Gasteiger partial charge in [-0.3, -0.25) is 4.79 Å². The van der Waals surface area contributed by atoms with Gasteiger partial charge in [0.05, 0.1) is 13.7 Å². The molecule has 0 spiro atoms. The smallest absolute Gasteiger partial charge is 0.242 e. The maximum atomic E-state index is 12.1. The van der Waals surface area contributed by atoms with Gasteiger partial charge in [-0.2, -0.15) is 0 Å². The zero-order valence-electron chi connectivity index (χ0n) is 17.7. The number of halogens is 1. The normalized spacial score (nSPS) is 15.6. The van der Waals surface area contributed by atoms with Crippen LogP contribution >= 0.6 is 24.0 Å². The van der Waals surface area contributed by atoms with Gasteiger partial charge in [-0.05, 0) is 38.8 Å². The Balaban J connectivity index is 0.00000420. The quantitative estimate of drug-likeness (QED) is 0.266. The molecule has 1 amide bonds. The molecule has 164 valence electrons. The minimum atomic E-state index is -0.0768. The van der Waals surface area contributed by atoms with E-state index < -0.39 is 0 Å². The summed E-state index contributed by atoms with van der Waals surface area (Å²) < 4.78 is 11.1. The first-order valence-electron chi connectivity index (χ1n) is 10.2. The van der Waals surface area contributed by atoms with Gasteiger partial charge in [-0.1, -0.05) is 25.3 Å². The van der Waals surface area contributed by atoms with Crippen LogP contribution in [-0.4, -0.2) is 50.8 Å². The van der Waals surface area contributed by atoms with Gasteiger partial charge in [0.15, 0.2) is 5.96 Å². The lowest BCUT2D eigenvalue weighted by Gasteiger charge is -2.22. The van der Waals surface area contributed by atoms with Crippen LogP contribution in [0.5, 0.6) is 11.5 Å². The van der Waals surface area contributed by atoms with Crippen molar-refractivity contribution in [1.29, 1.82) is 0 Å². The van der Waals surface area contributed by atoms with Crippen molar-refractivity contribution >= 4 is 35.8 Å². The van der Waals surface area contributed by atoms with Crippen molar-refractivity contribution in [2.45, 2.75) is 58.1 Å². The molecule has 1 unspecified atom stereocenters. The molecule has 1 saturated carbocycles. The van der Waals surface area contributed by atoms with E-state index in [9.17, 15) is 4.79 Å². The summed E-state index contributed by atoms with van der Waals surface area (Å²) in [7, 11) is 1.63. The van der Waals surface area contributed by atoms with Gasteiger partial charge in [0.1, 0.15) is 24.1 Å². The van der Waals surface area contributed by atoms with Crippen LogP contribution in [0, 0.1) is 0 Å². The van der Waals surface area contributed by atoms with Gasteiger partial charge >= 0.3 is 0 Å². The SMILES string of the molecule is CCNC(=NCC(=O)NC1CCCCC1)NCC(C)Oc1cccc(OC)c1.I. The highest BCUT2D eigenvalue weighted by atomic mass is 127. The Labute approximate surface area is 191 Å². The average molecular weight is 518 g/mol. The predicted octanol–water partition coefficient (Wildman–Crippen LogP) is 3.08. The monoisotopic (exact) mass is 518 g/mol. The molecule has 1 aliphatic rings. The molecule has 1 fully saturated rings. The Kier molecular flexibility index (Phi) is 12.5. The van der Waals surface area contributed by atoms with E-state index in [1.54, 1.807) is 7.11 Å². The molecule has 29 heavy (non-hydrogen) atoms. The van der Waals surface area contributed by atoms with Crippen LogP contribution < -0.4 is 25.4 Å². The van der Waals surface area contributed by atoms with Crippen LogP contribution in [-0.2, 0) is 4.79 Å². The number of carbonyl (C=O) groups excluding carboxylic acids is 1. The number of nitrogens with one attached hydrogen (secondary N) is 3. The summed E-state index contributed by atoms with van der Waals surface area (Å²) in [6.45, 7) is 5.38. The standard InChI is InChI=1S/C21H34N4O3.HI/c1-4-22-21(24-15-20(26)25-17-9-6-5-7-10-17)23-14-16(2)28-19-12-8-11-18(13-19)27-3;/h8,11-13,16-17H,4-7,9-10,14-15H2,1-3H3,(H,25,26)(H2,22,23,24);1H.